The Hall–Kier alpha value is -2.37. The van der Waals surface area contributed by atoms with Gasteiger partial charge in [0, 0.05) is 45.3 Å². The highest BCUT2D eigenvalue weighted by Crippen LogP contribution is 2.20. The summed E-state index contributed by atoms with van der Waals surface area (Å²) in [6.45, 7) is 7.26. The van der Waals surface area contributed by atoms with Gasteiger partial charge in [0.1, 0.15) is 12.2 Å². The highest BCUT2D eigenvalue weighted by atomic mass is 32.2. The van der Waals surface area contributed by atoms with Crippen LogP contribution in [0.3, 0.4) is 0 Å². The number of carbonyl (C=O) groups is 2. The topological polar surface area (TPSA) is 108 Å². The van der Waals surface area contributed by atoms with Crippen LogP contribution in [0.4, 0.5) is 9.59 Å². The number of ether oxygens (including phenoxy) is 2. The normalized spacial score (nSPS) is 19.2. The average molecular weight is 483 g/mol. The van der Waals surface area contributed by atoms with Crippen LogP contribution in [-0.2, 0) is 26.3 Å². The molecule has 1 aromatic rings. The molecule has 1 aromatic carbocycles. The van der Waals surface area contributed by atoms with Crippen LogP contribution in [0.15, 0.2) is 30.3 Å². The summed E-state index contributed by atoms with van der Waals surface area (Å²) in [5.74, 6) is 0. The standard InChI is InChI=1S/C22H34N4O6S/c1-22(2,3)32-21(28)24-13-15-26(16-14-24)33(29,30)25-11-9-19(10-12-25)23-20(27)31-17-18-7-5-4-6-8-18/h4-8,19H,9-17H2,1-3H3,(H,23,27). The van der Waals surface area contributed by atoms with Crippen LogP contribution < -0.4 is 5.32 Å². The Kier molecular flexibility index (Phi) is 8.19. The first-order valence-corrected chi connectivity index (χ1v) is 12.6. The lowest BCUT2D eigenvalue weighted by atomic mass is 10.1. The molecule has 2 aliphatic rings. The predicted octanol–water partition coefficient (Wildman–Crippen LogP) is 2.17. The molecule has 0 spiro atoms. The summed E-state index contributed by atoms with van der Waals surface area (Å²) >= 11 is 0. The van der Waals surface area contributed by atoms with Crippen LogP contribution in [0.2, 0.25) is 0 Å². The first-order valence-electron chi connectivity index (χ1n) is 11.2. The van der Waals surface area contributed by atoms with E-state index in [0.717, 1.165) is 5.56 Å². The minimum Gasteiger partial charge on any atom is -0.445 e. The summed E-state index contributed by atoms with van der Waals surface area (Å²) in [7, 11) is -3.62. The molecule has 3 rings (SSSR count). The number of hydrogen-bond acceptors (Lipinski definition) is 6. The van der Waals surface area contributed by atoms with Crippen LogP contribution in [0.25, 0.3) is 0 Å². The largest absolute Gasteiger partial charge is 0.445 e. The Morgan fingerprint density at radius 3 is 2.12 bits per heavy atom. The van der Waals surface area contributed by atoms with Crippen LogP contribution in [0.1, 0.15) is 39.2 Å². The summed E-state index contributed by atoms with van der Waals surface area (Å²) in [6.07, 6.45) is 0.0961. The van der Waals surface area contributed by atoms with Crippen molar-refractivity contribution in [3.05, 3.63) is 35.9 Å². The van der Waals surface area contributed by atoms with Gasteiger partial charge < -0.3 is 19.7 Å². The van der Waals surface area contributed by atoms with Gasteiger partial charge >= 0.3 is 12.2 Å². The van der Waals surface area contributed by atoms with E-state index in [9.17, 15) is 18.0 Å². The Labute approximate surface area is 196 Å². The van der Waals surface area contributed by atoms with Gasteiger partial charge in [-0.3, -0.25) is 0 Å². The third-order valence-corrected chi connectivity index (χ3v) is 7.57. The Morgan fingerprint density at radius 2 is 1.55 bits per heavy atom. The van der Waals surface area contributed by atoms with Crippen molar-refractivity contribution >= 4 is 22.4 Å². The molecule has 10 nitrogen and oxygen atoms in total. The minimum atomic E-state index is -3.62. The summed E-state index contributed by atoms with van der Waals surface area (Å²) in [4.78, 5) is 25.8. The van der Waals surface area contributed by atoms with E-state index >= 15 is 0 Å². The number of hydrogen-bond donors (Lipinski definition) is 1. The van der Waals surface area contributed by atoms with E-state index in [1.165, 1.54) is 13.5 Å². The van der Waals surface area contributed by atoms with Crippen molar-refractivity contribution in [1.29, 1.82) is 0 Å². The van der Waals surface area contributed by atoms with E-state index in [4.69, 9.17) is 9.47 Å². The zero-order valence-corrected chi connectivity index (χ0v) is 20.3. The van der Waals surface area contributed by atoms with Gasteiger partial charge in [-0.25, -0.2) is 9.59 Å². The van der Waals surface area contributed by atoms with E-state index in [-0.39, 0.29) is 25.7 Å². The molecule has 2 fully saturated rings. The maximum absolute atomic E-state index is 13.0. The number of rotatable bonds is 5. The fourth-order valence-electron chi connectivity index (χ4n) is 3.75. The maximum Gasteiger partial charge on any atom is 0.410 e. The highest BCUT2D eigenvalue weighted by Gasteiger charge is 2.36. The number of nitrogens with one attached hydrogen (secondary N) is 1. The minimum absolute atomic E-state index is 0.135. The summed E-state index contributed by atoms with van der Waals surface area (Å²) < 4.78 is 39.6. The molecule has 33 heavy (non-hydrogen) atoms. The molecule has 0 saturated carbocycles. The molecule has 1 N–H and O–H groups in total. The second kappa shape index (κ2) is 10.7. The third kappa shape index (κ3) is 7.31. The van der Waals surface area contributed by atoms with Crippen LogP contribution in [0, 0.1) is 0 Å². The molecule has 0 aromatic heterocycles. The Morgan fingerprint density at radius 1 is 0.970 bits per heavy atom. The van der Waals surface area contributed by atoms with Crippen LogP contribution in [0.5, 0.6) is 0 Å². The molecule has 0 bridgehead atoms. The number of carbonyl (C=O) groups excluding carboxylic acids is 2. The smallest absolute Gasteiger partial charge is 0.410 e. The van der Waals surface area contributed by atoms with Gasteiger partial charge in [-0.05, 0) is 39.2 Å². The molecule has 0 aliphatic carbocycles. The Balaban J connectivity index is 1.41. The first kappa shape index (κ1) is 25.3. The molecule has 0 radical (unpaired) electrons. The number of piperidine rings is 1. The van der Waals surface area contributed by atoms with Crippen LogP contribution >= 0.6 is 0 Å². The van der Waals surface area contributed by atoms with E-state index in [2.05, 4.69) is 5.32 Å². The zero-order valence-electron chi connectivity index (χ0n) is 19.5. The van der Waals surface area contributed by atoms with Gasteiger partial charge in [0.15, 0.2) is 0 Å². The summed E-state index contributed by atoms with van der Waals surface area (Å²) in [5.41, 5.74) is 0.312. The van der Waals surface area contributed by atoms with Crippen molar-refractivity contribution in [2.75, 3.05) is 39.3 Å². The fraction of sp³-hybridized carbons (Fsp3) is 0.636. The molecule has 2 amide bonds. The molecule has 2 heterocycles. The molecule has 2 saturated heterocycles. The molecular weight excluding hydrogens is 448 g/mol. The van der Waals surface area contributed by atoms with Crippen molar-refractivity contribution < 1.29 is 27.5 Å². The maximum atomic E-state index is 13.0. The van der Waals surface area contributed by atoms with Crippen molar-refractivity contribution in [1.82, 2.24) is 18.8 Å². The number of piperazine rings is 1. The fourth-order valence-corrected chi connectivity index (χ4v) is 5.38. The van der Waals surface area contributed by atoms with Crippen LogP contribution in [-0.4, -0.2) is 85.0 Å². The van der Waals surface area contributed by atoms with E-state index in [1.807, 2.05) is 30.3 Å². The number of alkyl carbamates (subject to hydrolysis) is 1. The lowest BCUT2D eigenvalue weighted by Gasteiger charge is -2.39. The zero-order chi connectivity index (χ0) is 24.1. The molecule has 2 aliphatic heterocycles. The van der Waals surface area contributed by atoms with Gasteiger partial charge in [-0.1, -0.05) is 30.3 Å². The van der Waals surface area contributed by atoms with E-state index in [1.54, 1.807) is 20.8 Å². The van der Waals surface area contributed by atoms with Gasteiger partial charge in [0.2, 0.25) is 0 Å². The van der Waals surface area contributed by atoms with Gasteiger partial charge in [-0.15, -0.1) is 0 Å². The monoisotopic (exact) mass is 482 g/mol. The van der Waals surface area contributed by atoms with E-state index < -0.39 is 28.0 Å². The molecule has 0 atom stereocenters. The van der Waals surface area contributed by atoms with Crippen molar-refractivity contribution in [3.63, 3.8) is 0 Å². The van der Waals surface area contributed by atoms with Gasteiger partial charge in [-0.2, -0.15) is 17.0 Å². The first-order chi connectivity index (χ1) is 15.5. The summed E-state index contributed by atoms with van der Waals surface area (Å²) in [6, 6.07) is 9.28. The quantitative estimate of drug-likeness (QED) is 0.689. The van der Waals surface area contributed by atoms with Crippen molar-refractivity contribution in [3.8, 4) is 0 Å². The molecule has 184 valence electrons. The van der Waals surface area contributed by atoms with Crippen molar-refractivity contribution in [2.24, 2.45) is 0 Å². The molecular formula is C22H34N4O6S. The third-order valence-electron chi connectivity index (χ3n) is 5.53. The number of nitrogens with zero attached hydrogens (tertiary/aromatic N) is 3. The lowest BCUT2D eigenvalue weighted by molar-refractivity contribution is 0.0189. The number of benzene rings is 1. The van der Waals surface area contributed by atoms with Crippen molar-refractivity contribution in [2.45, 2.75) is 51.9 Å². The lowest BCUT2D eigenvalue weighted by Crippen LogP contribution is -2.56. The van der Waals surface area contributed by atoms with E-state index in [0.29, 0.717) is 39.0 Å². The summed E-state index contributed by atoms with van der Waals surface area (Å²) in [5, 5.41) is 2.82. The molecule has 0 unspecified atom stereocenters. The highest BCUT2D eigenvalue weighted by molar-refractivity contribution is 7.86. The SMILES string of the molecule is CC(C)(C)OC(=O)N1CCN(S(=O)(=O)N2CCC(NC(=O)OCc3ccccc3)CC2)CC1. The Bertz CT molecular complexity index is 903. The molecule has 11 heteroatoms. The predicted molar refractivity (Wildman–Crippen MR) is 123 cm³/mol. The second-order valence-corrected chi connectivity index (χ2v) is 11.2. The number of amides is 2. The second-order valence-electron chi connectivity index (χ2n) is 9.25. The van der Waals surface area contributed by atoms with Gasteiger partial charge in [0.25, 0.3) is 10.2 Å². The average Bonchev–Trinajstić information content (AvgIpc) is 2.78. The van der Waals surface area contributed by atoms with Gasteiger partial charge in [0.05, 0.1) is 0 Å².